The van der Waals surface area contributed by atoms with Crippen LogP contribution in [0.3, 0.4) is 0 Å². The first-order valence-corrected chi connectivity index (χ1v) is 13.2. The van der Waals surface area contributed by atoms with Crippen LogP contribution in [0.1, 0.15) is 58.4 Å². The summed E-state index contributed by atoms with van der Waals surface area (Å²) in [6, 6.07) is 3.37. The number of carboxylic acids is 1. The van der Waals surface area contributed by atoms with Gasteiger partial charge in [-0.3, -0.25) is 29.0 Å². The van der Waals surface area contributed by atoms with Crippen molar-refractivity contribution in [3.8, 4) is 5.75 Å². The number of rotatable bonds is 16. The van der Waals surface area contributed by atoms with E-state index in [9.17, 15) is 23.7 Å². The third kappa shape index (κ3) is 13.2. The fourth-order valence-corrected chi connectivity index (χ4v) is 3.71. The maximum absolute atomic E-state index is 13.0. The molecule has 3 atom stereocenters. The van der Waals surface area contributed by atoms with Crippen molar-refractivity contribution in [1.82, 2.24) is 16.0 Å². The fourth-order valence-electron chi connectivity index (χ4n) is 3.31. The first-order chi connectivity index (χ1) is 16.8. The maximum Gasteiger partial charge on any atom is 0.524 e. The summed E-state index contributed by atoms with van der Waals surface area (Å²) < 4.78 is 15.4. The van der Waals surface area contributed by atoms with Gasteiger partial charge in [0.15, 0.2) is 0 Å². The minimum atomic E-state index is -4.72. The van der Waals surface area contributed by atoms with Crippen LogP contribution in [0, 0.1) is 5.92 Å². The van der Waals surface area contributed by atoms with Crippen LogP contribution in [0.25, 0.3) is 0 Å². The van der Waals surface area contributed by atoms with E-state index in [1.165, 1.54) is 31.2 Å². The number of phosphoric ester groups is 1. The van der Waals surface area contributed by atoms with Crippen molar-refractivity contribution in [2.45, 2.75) is 71.4 Å². The molecule has 0 aromatic heterocycles. The third-order valence-corrected chi connectivity index (χ3v) is 5.88. The van der Waals surface area contributed by atoms with E-state index < -0.39 is 43.6 Å². The molecule has 0 aliphatic rings. The summed E-state index contributed by atoms with van der Waals surface area (Å²) in [4.78, 5) is 66.2. The normalized spacial score (nSPS) is 13.7. The van der Waals surface area contributed by atoms with Crippen molar-refractivity contribution in [2.75, 3.05) is 6.54 Å². The summed E-state index contributed by atoms with van der Waals surface area (Å²) in [6.45, 7) is 5.80. The standard InChI is InChI=1S/C23H36N3O9P/c1-4-15(2)6-5-13-24-22(30)19(11-12-21(28)29)26-23(31)20(25-16(3)27)14-17-7-9-18(10-8-17)35-36(32,33)34/h7-10,15,19-20H,4-6,11-14H2,1-3H3,(H,24,30)(H,25,27)(H,26,31)(H,28,29)(H2,32,33,34). The molecule has 0 fully saturated rings. The summed E-state index contributed by atoms with van der Waals surface area (Å²) in [6.07, 6.45) is 2.23. The molecule has 0 heterocycles. The molecule has 0 saturated heterocycles. The van der Waals surface area contributed by atoms with E-state index in [1.54, 1.807) is 0 Å². The Morgan fingerprint density at radius 1 is 1.00 bits per heavy atom. The number of hydrogen-bond donors (Lipinski definition) is 6. The second-order valence-electron chi connectivity index (χ2n) is 8.62. The van der Waals surface area contributed by atoms with E-state index >= 15 is 0 Å². The predicted octanol–water partition coefficient (Wildman–Crippen LogP) is 1.50. The second kappa shape index (κ2) is 15.2. The maximum atomic E-state index is 13.0. The van der Waals surface area contributed by atoms with Crippen LogP contribution in [0.2, 0.25) is 0 Å². The molecule has 1 aromatic rings. The molecule has 1 aromatic carbocycles. The Morgan fingerprint density at radius 2 is 1.64 bits per heavy atom. The molecule has 6 N–H and O–H groups in total. The number of benzene rings is 1. The molecule has 3 unspecified atom stereocenters. The highest BCUT2D eigenvalue weighted by Gasteiger charge is 2.27. The smallest absolute Gasteiger partial charge is 0.481 e. The summed E-state index contributed by atoms with van der Waals surface area (Å²) in [5, 5.41) is 16.8. The topological polar surface area (TPSA) is 191 Å². The summed E-state index contributed by atoms with van der Waals surface area (Å²) in [5.41, 5.74) is 0.540. The summed E-state index contributed by atoms with van der Waals surface area (Å²) in [5.74, 6) is -2.35. The summed E-state index contributed by atoms with van der Waals surface area (Å²) >= 11 is 0. The molecule has 36 heavy (non-hydrogen) atoms. The Kier molecular flexibility index (Phi) is 13.1. The van der Waals surface area contributed by atoms with E-state index in [4.69, 9.17) is 14.9 Å². The first kappa shape index (κ1) is 31.1. The van der Waals surface area contributed by atoms with Crippen molar-refractivity contribution >= 4 is 31.5 Å². The molecule has 13 heteroatoms. The van der Waals surface area contributed by atoms with Crippen molar-refractivity contribution in [1.29, 1.82) is 0 Å². The highest BCUT2D eigenvalue weighted by atomic mass is 31.2. The minimum absolute atomic E-state index is 0.00375. The first-order valence-electron chi connectivity index (χ1n) is 11.7. The second-order valence-corrected chi connectivity index (χ2v) is 9.79. The molecule has 0 bridgehead atoms. The molecule has 202 valence electrons. The highest BCUT2D eigenvalue weighted by molar-refractivity contribution is 7.46. The van der Waals surface area contributed by atoms with E-state index in [0.29, 0.717) is 18.0 Å². The Labute approximate surface area is 210 Å². The zero-order valence-corrected chi connectivity index (χ0v) is 21.6. The summed E-state index contributed by atoms with van der Waals surface area (Å²) in [7, 11) is -4.72. The average Bonchev–Trinajstić information content (AvgIpc) is 2.78. The average molecular weight is 530 g/mol. The minimum Gasteiger partial charge on any atom is -0.481 e. The molecule has 1 rings (SSSR count). The van der Waals surface area contributed by atoms with Gasteiger partial charge in [-0.25, -0.2) is 4.57 Å². The van der Waals surface area contributed by atoms with Crippen molar-refractivity contribution in [3.05, 3.63) is 29.8 Å². The van der Waals surface area contributed by atoms with Crippen LogP contribution < -0.4 is 20.5 Å². The number of aliphatic carboxylic acids is 1. The zero-order valence-electron chi connectivity index (χ0n) is 20.7. The zero-order chi connectivity index (χ0) is 27.3. The quantitative estimate of drug-likeness (QED) is 0.136. The van der Waals surface area contributed by atoms with Crippen molar-refractivity contribution in [2.24, 2.45) is 5.92 Å². The molecule has 0 aliphatic carbocycles. The monoisotopic (exact) mass is 529 g/mol. The molecule has 0 aliphatic heterocycles. The van der Waals surface area contributed by atoms with Crippen LogP contribution in [0.15, 0.2) is 24.3 Å². The number of carbonyl (C=O) groups excluding carboxylic acids is 3. The van der Waals surface area contributed by atoms with Gasteiger partial charge in [0.2, 0.25) is 17.7 Å². The number of amides is 3. The van der Waals surface area contributed by atoms with Crippen LogP contribution >= 0.6 is 7.82 Å². The van der Waals surface area contributed by atoms with Crippen LogP contribution in [-0.4, -0.2) is 57.2 Å². The highest BCUT2D eigenvalue weighted by Crippen LogP contribution is 2.37. The SMILES string of the molecule is CCC(C)CCCNC(=O)C(CCC(=O)O)NC(=O)C(Cc1ccc(OP(=O)(O)O)cc1)NC(C)=O. The van der Waals surface area contributed by atoms with Crippen molar-refractivity contribution in [3.63, 3.8) is 0 Å². The molecule has 0 saturated carbocycles. The molecule has 0 radical (unpaired) electrons. The van der Waals surface area contributed by atoms with Gasteiger partial charge >= 0.3 is 13.8 Å². The third-order valence-electron chi connectivity index (χ3n) is 5.43. The number of phosphoric acid groups is 1. The van der Waals surface area contributed by atoms with Gasteiger partial charge in [0.1, 0.15) is 17.8 Å². The van der Waals surface area contributed by atoms with Crippen LogP contribution in [-0.2, 0) is 30.2 Å². The van der Waals surface area contributed by atoms with Crippen molar-refractivity contribution < 1.29 is 43.2 Å². The Morgan fingerprint density at radius 3 is 2.17 bits per heavy atom. The van der Waals surface area contributed by atoms with Gasteiger partial charge in [-0.1, -0.05) is 32.4 Å². The molecule has 3 amide bonds. The number of carbonyl (C=O) groups is 4. The van der Waals surface area contributed by atoms with Gasteiger partial charge in [0.05, 0.1) is 0 Å². The molecular weight excluding hydrogens is 493 g/mol. The lowest BCUT2D eigenvalue weighted by molar-refractivity contribution is -0.138. The number of carboxylic acid groups (broad SMARTS) is 1. The fraction of sp³-hybridized carbons (Fsp3) is 0.565. The Hall–Kier alpha value is -2.95. The van der Waals surface area contributed by atoms with E-state index in [1.807, 2.05) is 0 Å². The van der Waals surface area contributed by atoms with Gasteiger partial charge in [-0.05, 0) is 42.9 Å². The van der Waals surface area contributed by atoms with E-state index in [-0.39, 0.29) is 25.0 Å². The van der Waals surface area contributed by atoms with E-state index in [2.05, 4.69) is 34.3 Å². The lowest BCUT2D eigenvalue weighted by atomic mass is 10.0. The number of nitrogens with one attached hydrogen (secondary N) is 3. The molecular formula is C23H36N3O9P. The Bertz CT molecular complexity index is 933. The van der Waals surface area contributed by atoms with Crippen LogP contribution in [0.5, 0.6) is 5.75 Å². The lowest BCUT2D eigenvalue weighted by Gasteiger charge is -2.23. The van der Waals surface area contributed by atoms with Gasteiger partial charge < -0.3 is 25.6 Å². The van der Waals surface area contributed by atoms with Crippen LogP contribution in [0.4, 0.5) is 0 Å². The largest absolute Gasteiger partial charge is 0.524 e. The molecule has 0 spiro atoms. The molecule has 12 nitrogen and oxygen atoms in total. The number of hydrogen-bond acceptors (Lipinski definition) is 6. The van der Waals surface area contributed by atoms with Gasteiger partial charge in [-0.15, -0.1) is 0 Å². The predicted molar refractivity (Wildman–Crippen MR) is 131 cm³/mol. The van der Waals surface area contributed by atoms with Gasteiger partial charge in [0.25, 0.3) is 0 Å². The van der Waals surface area contributed by atoms with Gasteiger partial charge in [-0.2, -0.15) is 0 Å². The van der Waals surface area contributed by atoms with Gasteiger partial charge in [0, 0.05) is 26.3 Å². The lowest BCUT2D eigenvalue weighted by Crippen LogP contribution is -2.54. The van der Waals surface area contributed by atoms with E-state index in [0.717, 1.165) is 19.3 Å². The Balaban J connectivity index is 2.89.